The SMILES string of the molecule is O=C(CCC1CCOCC1)c1cc(COCCCc2ccccc2)on1. The molecule has 1 saturated heterocycles. The van der Waals surface area contributed by atoms with Gasteiger partial charge in [-0.2, -0.15) is 0 Å². The summed E-state index contributed by atoms with van der Waals surface area (Å²) in [7, 11) is 0. The maximum Gasteiger partial charge on any atom is 0.184 e. The molecule has 0 unspecified atom stereocenters. The zero-order valence-corrected chi connectivity index (χ0v) is 15.2. The van der Waals surface area contributed by atoms with Crippen LogP contribution in [0, 0.1) is 5.92 Å². The highest BCUT2D eigenvalue weighted by Gasteiger charge is 2.18. The molecule has 1 aliphatic rings. The van der Waals surface area contributed by atoms with Gasteiger partial charge in [0, 0.05) is 32.3 Å². The second-order valence-electron chi connectivity index (χ2n) is 6.84. The Bertz CT molecular complexity index is 662. The molecule has 0 amide bonds. The van der Waals surface area contributed by atoms with Crippen molar-refractivity contribution in [3.63, 3.8) is 0 Å². The predicted molar refractivity (Wildman–Crippen MR) is 98.0 cm³/mol. The Morgan fingerprint density at radius 2 is 2.00 bits per heavy atom. The summed E-state index contributed by atoms with van der Waals surface area (Å²) in [6, 6.07) is 12.1. The van der Waals surface area contributed by atoms with E-state index in [1.54, 1.807) is 6.07 Å². The molecule has 26 heavy (non-hydrogen) atoms. The molecule has 1 fully saturated rings. The summed E-state index contributed by atoms with van der Waals surface area (Å²) in [5.74, 6) is 1.25. The monoisotopic (exact) mass is 357 g/mol. The van der Waals surface area contributed by atoms with Crippen LogP contribution in [0.2, 0.25) is 0 Å². The molecule has 0 spiro atoms. The van der Waals surface area contributed by atoms with Crippen LogP contribution in [0.5, 0.6) is 0 Å². The van der Waals surface area contributed by atoms with E-state index in [9.17, 15) is 4.79 Å². The van der Waals surface area contributed by atoms with E-state index in [0.717, 1.165) is 45.3 Å². The Kier molecular flexibility index (Phi) is 7.40. The molecule has 0 atom stereocenters. The Morgan fingerprint density at radius 1 is 1.19 bits per heavy atom. The third kappa shape index (κ3) is 6.07. The molecule has 1 aromatic carbocycles. The maximum atomic E-state index is 12.2. The van der Waals surface area contributed by atoms with Crippen LogP contribution in [0.25, 0.3) is 0 Å². The molecule has 1 aliphatic heterocycles. The van der Waals surface area contributed by atoms with Crippen molar-refractivity contribution in [1.82, 2.24) is 5.16 Å². The topological polar surface area (TPSA) is 61.6 Å². The molecule has 2 aromatic rings. The number of rotatable bonds is 10. The van der Waals surface area contributed by atoms with Crippen molar-refractivity contribution in [3.05, 3.63) is 53.4 Å². The normalized spacial score (nSPS) is 15.2. The second kappa shape index (κ2) is 10.2. The molecule has 5 heteroatoms. The minimum absolute atomic E-state index is 0.0515. The smallest absolute Gasteiger partial charge is 0.184 e. The van der Waals surface area contributed by atoms with Crippen molar-refractivity contribution < 1.29 is 18.8 Å². The van der Waals surface area contributed by atoms with Crippen LogP contribution in [-0.2, 0) is 22.5 Å². The van der Waals surface area contributed by atoms with Crippen molar-refractivity contribution in [1.29, 1.82) is 0 Å². The average Bonchev–Trinajstić information content (AvgIpc) is 3.16. The predicted octanol–water partition coefficient (Wildman–Crippen LogP) is 4.21. The fraction of sp³-hybridized carbons (Fsp3) is 0.524. The number of aryl methyl sites for hydroxylation is 1. The molecule has 2 heterocycles. The Balaban J connectivity index is 1.32. The molecule has 0 N–H and O–H groups in total. The molecule has 1 aromatic heterocycles. The lowest BCUT2D eigenvalue weighted by atomic mass is 9.93. The molecule has 0 saturated carbocycles. The molecule has 0 aliphatic carbocycles. The van der Waals surface area contributed by atoms with E-state index in [1.165, 1.54) is 5.56 Å². The lowest BCUT2D eigenvalue weighted by Gasteiger charge is -2.21. The van der Waals surface area contributed by atoms with Crippen LogP contribution >= 0.6 is 0 Å². The number of hydrogen-bond donors (Lipinski definition) is 0. The van der Waals surface area contributed by atoms with Crippen LogP contribution < -0.4 is 0 Å². The number of hydrogen-bond acceptors (Lipinski definition) is 5. The Hall–Kier alpha value is -1.98. The molecular weight excluding hydrogens is 330 g/mol. The van der Waals surface area contributed by atoms with Gasteiger partial charge in [-0.3, -0.25) is 4.79 Å². The zero-order chi connectivity index (χ0) is 18.0. The summed E-state index contributed by atoms with van der Waals surface area (Å²) < 4.78 is 16.2. The zero-order valence-electron chi connectivity index (χ0n) is 15.2. The highest BCUT2D eigenvalue weighted by atomic mass is 16.5. The quantitative estimate of drug-likeness (QED) is 0.471. The first-order valence-corrected chi connectivity index (χ1v) is 9.49. The largest absolute Gasteiger partial charge is 0.381 e. The number of Topliss-reactive ketones (excluding diaryl/α,β-unsaturated/α-hetero) is 1. The van der Waals surface area contributed by atoms with Gasteiger partial charge in [0.05, 0.1) is 0 Å². The van der Waals surface area contributed by atoms with Crippen molar-refractivity contribution >= 4 is 5.78 Å². The summed E-state index contributed by atoms with van der Waals surface area (Å²) in [6.45, 7) is 2.64. The molecule has 140 valence electrons. The van der Waals surface area contributed by atoms with Gasteiger partial charge < -0.3 is 14.0 Å². The van der Waals surface area contributed by atoms with Crippen LogP contribution in [0.15, 0.2) is 40.9 Å². The maximum absolute atomic E-state index is 12.2. The van der Waals surface area contributed by atoms with E-state index in [4.69, 9.17) is 14.0 Å². The average molecular weight is 357 g/mol. The molecule has 0 radical (unpaired) electrons. The first-order valence-electron chi connectivity index (χ1n) is 9.49. The van der Waals surface area contributed by atoms with Gasteiger partial charge in [-0.25, -0.2) is 0 Å². The molecule has 3 rings (SSSR count). The van der Waals surface area contributed by atoms with Crippen LogP contribution in [-0.4, -0.2) is 30.8 Å². The Labute approximate surface area is 154 Å². The van der Waals surface area contributed by atoms with Crippen LogP contribution in [0.1, 0.15) is 53.9 Å². The fourth-order valence-electron chi connectivity index (χ4n) is 3.21. The van der Waals surface area contributed by atoms with Gasteiger partial charge in [0.15, 0.2) is 11.5 Å². The third-order valence-electron chi connectivity index (χ3n) is 4.81. The number of benzene rings is 1. The molecule has 5 nitrogen and oxygen atoms in total. The standard InChI is InChI=1S/C21H27NO4/c23-21(9-8-18-10-13-24-14-11-18)20-15-19(26-22-20)16-25-12-4-7-17-5-2-1-3-6-17/h1-3,5-6,15,18H,4,7-14,16H2. The van der Waals surface area contributed by atoms with E-state index in [2.05, 4.69) is 17.3 Å². The number of carbonyl (C=O) groups is 1. The minimum Gasteiger partial charge on any atom is -0.381 e. The van der Waals surface area contributed by atoms with Crippen molar-refractivity contribution in [3.8, 4) is 0 Å². The van der Waals surface area contributed by atoms with Gasteiger partial charge in [0.25, 0.3) is 0 Å². The molecular formula is C21H27NO4. The lowest BCUT2D eigenvalue weighted by Crippen LogP contribution is -2.16. The van der Waals surface area contributed by atoms with E-state index >= 15 is 0 Å². The number of ketones is 1. The van der Waals surface area contributed by atoms with Crippen molar-refractivity contribution in [2.45, 2.75) is 45.1 Å². The first kappa shape index (κ1) is 18.8. The van der Waals surface area contributed by atoms with E-state index in [0.29, 0.717) is 37.0 Å². The number of carbonyl (C=O) groups excluding carboxylic acids is 1. The minimum atomic E-state index is 0.0515. The summed E-state index contributed by atoms with van der Waals surface area (Å²) in [5, 5.41) is 3.90. The highest BCUT2D eigenvalue weighted by molar-refractivity contribution is 5.94. The van der Waals surface area contributed by atoms with Crippen LogP contribution in [0.4, 0.5) is 0 Å². The summed E-state index contributed by atoms with van der Waals surface area (Å²) in [5.41, 5.74) is 1.73. The highest BCUT2D eigenvalue weighted by Crippen LogP contribution is 2.21. The van der Waals surface area contributed by atoms with E-state index < -0.39 is 0 Å². The summed E-state index contributed by atoms with van der Waals surface area (Å²) in [4.78, 5) is 12.2. The summed E-state index contributed by atoms with van der Waals surface area (Å²) in [6.07, 6.45) is 5.47. The van der Waals surface area contributed by atoms with Crippen LogP contribution in [0.3, 0.4) is 0 Å². The third-order valence-corrected chi connectivity index (χ3v) is 4.81. The van der Waals surface area contributed by atoms with Gasteiger partial charge in [0.2, 0.25) is 0 Å². The van der Waals surface area contributed by atoms with E-state index in [1.807, 2.05) is 18.2 Å². The van der Waals surface area contributed by atoms with Gasteiger partial charge in [-0.05, 0) is 43.6 Å². The first-order chi connectivity index (χ1) is 12.8. The summed E-state index contributed by atoms with van der Waals surface area (Å²) >= 11 is 0. The van der Waals surface area contributed by atoms with Gasteiger partial charge in [-0.15, -0.1) is 0 Å². The second-order valence-corrected chi connectivity index (χ2v) is 6.84. The van der Waals surface area contributed by atoms with Gasteiger partial charge in [-0.1, -0.05) is 35.5 Å². The number of ether oxygens (including phenoxy) is 2. The molecule has 0 bridgehead atoms. The van der Waals surface area contributed by atoms with Gasteiger partial charge >= 0.3 is 0 Å². The van der Waals surface area contributed by atoms with Crippen molar-refractivity contribution in [2.24, 2.45) is 5.92 Å². The lowest BCUT2D eigenvalue weighted by molar-refractivity contribution is 0.0618. The van der Waals surface area contributed by atoms with Gasteiger partial charge in [0.1, 0.15) is 12.3 Å². The number of aromatic nitrogens is 1. The van der Waals surface area contributed by atoms with E-state index in [-0.39, 0.29) is 5.78 Å². The fourth-order valence-corrected chi connectivity index (χ4v) is 3.21. The van der Waals surface area contributed by atoms with Crippen molar-refractivity contribution in [2.75, 3.05) is 19.8 Å². The Morgan fingerprint density at radius 3 is 2.81 bits per heavy atom. The number of nitrogens with zero attached hydrogens (tertiary/aromatic N) is 1.